The van der Waals surface area contributed by atoms with Crippen molar-refractivity contribution in [3.05, 3.63) is 29.8 Å². The fourth-order valence-corrected chi connectivity index (χ4v) is 1.58. The van der Waals surface area contributed by atoms with E-state index in [1.807, 2.05) is 13.8 Å². The zero-order chi connectivity index (χ0) is 15.6. The van der Waals surface area contributed by atoms with Crippen molar-refractivity contribution in [1.82, 2.24) is 0 Å². The van der Waals surface area contributed by atoms with E-state index >= 15 is 0 Å². The van der Waals surface area contributed by atoms with Gasteiger partial charge in [0.2, 0.25) is 0 Å². The molecule has 0 aliphatic rings. The maximum absolute atomic E-state index is 10.5. The van der Waals surface area contributed by atoms with Crippen LogP contribution in [0.3, 0.4) is 0 Å². The minimum Gasteiger partial charge on any atom is -0.465 e. The van der Waals surface area contributed by atoms with Crippen LogP contribution in [0.1, 0.15) is 25.3 Å². The van der Waals surface area contributed by atoms with E-state index in [1.54, 1.807) is 12.1 Å². The molecule has 0 bridgehead atoms. The highest BCUT2D eigenvalue weighted by atomic mass is 32.2. The van der Waals surface area contributed by atoms with Gasteiger partial charge in [0.1, 0.15) is 0 Å². The Morgan fingerprint density at radius 3 is 2.25 bits per heavy atom. The lowest BCUT2D eigenvalue weighted by Gasteiger charge is -1.99. The number of rotatable bonds is 5. The first kappa shape index (κ1) is 18.6. The number of benzene rings is 1. The molecule has 1 rings (SSSR count). The van der Waals surface area contributed by atoms with Crippen molar-refractivity contribution < 1.29 is 22.5 Å². The zero-order valence-electron chi connectivity index (χ0n) is 11.7. The number of unbranched alkanes of at least 4 members (excludes halogenated alkanes) is 1. The van der Waals surface area contributed by atoms with Crippen molar-refractivity contribution in [2.24, 2.45) is 5.73 Å². The van der Waals surface area contributed by atoms with Crippen LogP contribution in [0.2, 0.25) is 0 Å². The van der Waals surface area contributed by atoms with Crippen LogP contribution >= 0.6 is 0 Å². The summed E-state index contributed by atoms with van der Waals surface area (Å²) < 4.78 is 34.2. The normalized spacial score (nSPS) is 10.4. The summed E-state index contributed by atoms with van der Waals surface area (Å²) in [6.07, 6.45) is 1.96. The second-order valence-corrected chi connectivity index (χ2v) is 5.49. The number of carbonyl (C=O) groups excluding carboxylic acids is 1. The number of carbonyl (C=O) groups is 1. The van der Waals surface area contributed by atoms with E-state index in [1.165, 1.54) is 12.1 Å². The summed E-state index contributed by atoms with van der Waals surface area (Å²) in [7, 11) is -4.02. The van der Waals surface area contributed by atoms with Crippen LogP contribution in [0, 0.1) is 6.92 Å². The molecule has 0 aliphatic carbocycles. The van der Waals surface area contributed by atoms with E-state index in [0.717, 1.165) is 18.4 Å². The molecule has 0 amide bonds. The Balaban J connectivity index is 0.000000370. The minimum atomic E-state index is -4.02. The lowest BCUT2D eigenvalue weighted by Crippen LogP contribution is -2.17. The van der Waals surface area contributed by atoms with E-state index in [4.69, 9.17) is 10.3 Å². The first-order valence-corrected chi connectivity index (χ1v) is 7.65. The predicted octanol–water partition coefficient (Wildman–Crippen LogP) is 1.53. The second kappa shape index (κ2) is 9.46. The number of hydrogen-bond donors (Lipinski definition) is 2. The third-order valence-electron chi connectivity index (χ3n) is 2.25. The molecule has 0 saturated heterocycles. The quantitative estimate of drug-likeness (QED) is 0.485. The van der Waals surface area contributed by atoms with Crippen LogP contribution in [0.25, 0.3) is 0 Å². The van der Waals surface area contributed by atoms with Gasteiger partial charge in [-0.2, -0.15) is 8.42 Å². The molecule has 0 spiro atoms. The molecule has 0 unspecified atom stereocenters. The van der Waals surface area contributed by atoms with Gasteiger partial charge in [-0.15, -0.1) is 0 Å². The topological polar surface area (TPSA) is 107 Å². The summed E-state index contributed by atoms with van der Waals surface area (Å²) in [6.45, 7) is 4.38. The number of esters is 1. The smallest absolute Gasteiger partial charge is 0.319 e. The Kier molecular flexibility index (Phi) is 8.78. The molecule has 0 heterocycles. The van der Waals surface area contributed by atoms with Gasteiger partial charge in [0.25, 0.3) is 10.1 Å². The van der Waals surface area contributed by atoms with Crippen molar-refractivity contribution >= 4 is 16.1 Å². The first-order valence-electron chi connectivity index (χ1n) is 6.21. The number of hydrogen-bond acceptors (Lipinski definition) is 5. The average Bonchev–Trinajstić information content (AvgIpc) is 2.39. The van der Waals surface area contributed by atoms with E-state index in [0.29, 0.717) is 6.61 Å². The molecular weight excluding hydrogens is 282 g/mol. The monoisotopic (exact) mass is 303 g/mol. The van der Waals surface area contributed by atoms with Gasteiger partial charge in [-0.25, -0.2) is 0 Å². The standard InChI is InChI=1S/C7H8O3S.C6H13NO2/c1-6-2-4-7(5-3-6)11(8,9)10;1-2-3-4-9-6(8)5-7/h2-5H,1H3,(H,8,9,10);2-5,7H2,1H3. The molecule has 3 N–H and O–H groups in total. The lowest BCUT2D eigenvalue weighted by molar-refractivity contribution is -0.141. The number of aryl methyl sites for hydroxylation is 1. The summed E-state index contributed by atoms with van der Waals surface area (Å²) in [5.41, 5.74) is 5.94. The maximum Gasteiger partial charge on any atom is 0.319 e. The van der Waals surface area contributed by atoms with Crippen molar-refractivity contribution in [3.8, 4) is 0 Å². The van der Waals surface area contributed by atoms with Crippen LogP contribution in [0.15, 0.2) is 29.2 Å². The van der Waals surface area contributed by atoms with Crippen LogP contribution in [0.5, 0.6) is 0 Å². The molecule has 6 nitrogen and oxygen atoms in total. The SMILES string of the molecule is CCCCOC(=O)CN.Cc1ccc(S(=O)(=O)O)cc1. The second-order valence-electron chi connectivity index (χ2n) is 4.07. The third kappa shape index (κ3) is 8.63. The highest BCUT2D eigenvalue weighted by Gasteiger charge is 2.06. The molecule has 0 aliphatic heterocycles. The molecule has 1 aromatic rings. The van der Waals surface area contributed by atoms with Crippen LogP contribution in [-0.4, -0.2) is 32.1 Å². The first-order chi connectivity index (χ1) is 9.31. The molecule has 0 atom stereocenters. The van der Waals surface area contributed by atoms with Gasteiger partial charge < -0.3 is 10.5 Å². The van der Waals surface area contributed by atoms with Crippen molar-refractivity contribution in [2.45, 2.75) is 31.6 Å². The zero-order valence-corrected chi connectivity index (χ0v) is 12.5. The van der Waals surface area contributed by atoms with Crippen LogP contribution in [0.4, 0.5) is 0 Å². The fourth-order valence-electron chi connectivity index (χ4n) is 1.10. The van der Waals surface area contributed by atoms with Crippen molar-refractivity contribution in [3.63, 3.8) is 0 Å². The predicted molar refractivity (Wildman–Crippen MR) is 75.9 cm³/mol. The van der Waals surface area contributed by atoms with Gasteiger partial charge in [0.15, 0.2) is 0 Å². The molecular formula is C13H21NO5S. The summed E-state index contributed by atoms with van der Waals surface area (Å²) in [5, 5.41) is 0. The molecule has 0 radical (unpaired) electrons. The Labute approximate surface area is 119 Å². The van der Waals surface area contributed by atoms with Crippen LogP contribution in [-0.2, 0) is 19.6 Å². The molecule has 0 fully saturated rings. The molecule has 1 aromatic carbocycles. The van der Waals surface area contributed by atoms with E-state index in [2.05, 4.69) is 4.74 Å². The Morgan fingerprint density at radius 1 is 1.30 bits per heavy atom. The Morgan fingerprint density at radius 2 is 1.85 bits per heavy atom. The largest absolute Gasteiger partial charge is 0.465 e. The van der Waals surface area contributed by atoms with Gasteiger partial charge in [-0.3, -0.25) is 9.35 Å². The highest BCUT2D eigenvalue weighted by molar-refractivity contribution is 7.85. The van der Waals surface area contributed by atoms with E-state index in [9.17, 15) is 13.2 Å². The summed E-state index contributed by atoms with van der Waals surface area (Å²) in [6, 6.07) is 5.99. The van der Waals surface area contributed by atoms with Crippen LogP contribution < -0.4 is 5.73 Å². The van der Waals surface area contributed by atoms with Gasteiger partial charge in [-0.05, 0) is 25.5 Å². The molecule has 0 aromatic heterocycles. The van der Waals surface area contributed by atoms with Gasteiger partial charge in [0.05, 0.1) is 18.0 Å². The summed E-state index contributed by atoms with van der Waals surface area (Å²) in [5.74, 6) is -0.316. The highest BCUT2D eigenvalue weighted by Crippen LogP contribution is 2.08. The fraction of sp³-hybridized carbons (Fsp3) is 0.462. The third-order valence-corrected chi connectivity index (χ3v) is 3.11. The summed E-state index contributed by atoms with van der Waals surface area (Å²) >= 11 is 0. The van der Waals surface area contributed by atoms with Crippen molar-refractivity contribution in [2.75, 3.05) is 13.2 Å². The minimum absolute atomic E-state index is 0.0102. The van der Waals surface area contributed by atoms with Gasteiger partial charge >= 0.3 is 5.97 Å². The molecule has 0 saturated carbocycles. The lowest BCUT2D eigenvalue weighted by atomic mass is 10.2. The van der Waals surface area contributed by atoms with Gasteiger partial charge in [0, 0.05) is 0 Å². The summed E-state index contributed by atoms with van der Waals surface area (Å²) in [4.78, 5) is 10.3. The number of nitrogens with two attached hydrogens (primary N) is 1. The molecule has 20 heavy (non-hydrogen) atoms. The molecule has 7 heteroatoms. The average molecular weight is 303 g/mol. The van der Waals surface area contributed by atoms with Gasteiger partial charge in [-0.1, -0.05) is 31.0 Å². The van der Waals surface area contributed by atoms with E-state index in [-0.39, 0.29) is 17.4 Å². The Bertz CT molecular complexity index is 496. The molecule has 114 valence electrons. The maximum atomic E-state index is 10.5. The van der Waals surface area contributed by atoms with E-state index < -0.39 is 10.1 Å². The number of ether oxygens (including phenoxy) is 1. The Hall–Kier alpha value is -1.44. The van der Waals surface area contributed by atoms with Crippen molar-refractivity contribution in [1.29, 1.82) is 0 Å².